The summed E-state index contributed by atoms with van der Waals surface area (Å²) in [5.41, 5.74) is 5.36. The van der Waals surface area contributed by atoms with Crippen molar-refractivity contribution in [3.63, 3.8) is 0 Å². The van der Waals surface area contributed by atoms with E-state index >= 15 is 0 Å². The van der Waals surface area contributed by atoms with Crippen LogP contribution >= 0.6 is 0 Å². The zero-order valence-corrected chi connectivity index (χ0v) is 11.9. The molecule has 112 valence electrons. The van der Waals surface area contributed by atoms with Crippen LogP contribution < -0.4 is 11.1 Å². The maximum atomic E-state index is 11.4. The van der Waals surface area contributed by atoms with Gasteiger partial charge in [0.15, 0.2) is 0 Å². The van der Waals surface area contributed by atoms with Gasteiger partial charge in [-0.15, -0.1) is 0 Å². The molecule has 1 aliphatic heterocycles. The molecule has 0 aromatic carbocycles. The first-order valence-electron chi connectivity index (χ1n) is 7.14. The van der Waals surface area contributed by atoms with Crippen molar-refractivity contribution in [1.29, 1.82) is 0 Å². The Balaban J connectivity index is 2.13. The molecule has 1 aliphatic rings. The predicted octanol–water partition coefficient (Wildman–Crippen LogP) is -0.421. The SMILES string of the molecule is CCCC(=O)NCC1CN(CCOCCN)CCO1. The molecule has 1 saturated heterocycles. The number of ether oxygens (including phenoxy) is 2. The molecule has 0 aliphatic carbocycles. The standard InChI is InChI=1S/C13H27N3O3/c1-2-3-13(17)15-10-12-11-16(6-9-19-12)5-8-18-7-4-14/h12H,2-11,14H2,1H3,(H,15,17). The Morgan fingerprint density at radius 1 is 1.53 bits per heavy atom. The van der Waals surface area contributed by atoms with E-state index < -0.39 is 0 Å². The number of carbonyl (C=O) groups is 1. The van der Waals surface area contributed by atoms with E-state index in [-0.39, 0.29) is 12.0 Å². The Morgan fingerprint density at radius 3 is 3.11 bits per heavy atom. The summed E-state index contributed by atoms with van der Waals surface area (Å²) in [5, 5.41) is 2.91. The number of hydrogen-bond acceptors (Lipinski definition) is 5. The monoisotopic (exact) mass is 273 g/mol. The molecule has 1 amide bonds. The molecule has 0 radical (unpaired) electrons. The normalized spacial score (nSPS) is 20.4. The van der Waals surface area contributed by atoms with Crippen LogP contribution in [0.3, 0.4) is 0 Å². The van der Waals surface area contributed by atoms with Crippen molar-refractivity contribution in [1.82, 2.24) is 10.2 Å². The zero-order chi connectivity index (χ0) is 13.9. The molecule has 6 nitrogen and oxygen atoms in total. The van der Waals surface area contributed by atoms with Gasteiger partial charge in [-0.3, -0.25) is 9.69 Å². The third-order valence-corrected chi connectivity index (χ3v) is 3.04. The minimum atomic E-state index is 0.0871. The summed E-state index contributed by atoms with van der Waals surface area (Å²) in [7, 11) is 0. The molecular formula is C13H27N3O3. The van der Waals surface area contributed by atoms with E-state index in [2.05, 4.69) is 10.2 Å². The highest BCUT2D eigenvalue weighted by atomic mass is 16.5. The summed E-state index contributed by atoms with van der Waals surface area (Å²) in [6, 6.07) is 0. The first-order valence-corrected chi connectivity index (χ1v) is 7.14. The Kier molecular flexibility index (Phi) is 8.73. The van der Waals surface area contributed by atoms with Crippen LogP contribution in [0.4, 0.5) is 0 Å². The van der Waals surface area contributed by atoms with Crippen LogP contribution in [0.5, 0.6) is 0 Å². The Bertz CT molecular complexity index is 251. The summed E-state index contributed by atoms with van der Waals surface area (Å²) in [4.78, 5) is 13.7. The summed E-state index contributed by atoms with van der Waals surface area (Å²) >= 11 is 0. The molecule has 1 fully saturated rings. The number of nitrogens with one attached hydrogen (secondary N) is 1. The first-order chi connectivity index (χ1) is 9.26. The molecule has 0 aromatic heterocycles. The predicted molar refractivity (Wildman–Crippen MR) is 74.0 cm³/mol. The third-order valence-electron chi connectivity index (χ3n) is 3.04. The smallest absolute Gasteiger partial charge is 0.220 e. The van der Waals surface area contributed by atoms with Crippen LogP contribution in [0.1, 0.15) is 19.8 Å². The fourth-order valence-electron chi connectivity index (χ4n) is 2.03. The van der Waals surface area contributed by atoms with Gasteiger partial charge in [0, 0.05) is 39.1 Å². The van der Waals surface area contributed by atoms with Gasteiger partial charge in [0.05, 0.1) is 25.9 Å². The molecule has 1 atom stereocenters. The molecular weight excluding hydrogens is 246 g/mol. The lowest BCUT2D eigenvalue weighted by Gasteiger charge is -2.32. The second-order valence-corrected chi connectivity index (χ2v) is 4.75. The highest BCUT2D eigenvalue weighted by Crippen LogP contribution is 2.04. The minimum Gasteiger partial charge on any atom is -0.379 e. The highest BCUT2D eigenvalue weighted by Gasteiger charge is 2.20. The topological polar surface area (TPSA) is 76.8 Å². The third kappa shape index (κ3) is 7.47. The van der Waals surface area contributed by atoms with Crippen molar-refractivity contribution >= 4 is 5.91 Å². The molecule has 0 bridgehead atoms. The molecule has 6 heteroatoms. The lowest BCUT2D eigenvalue weighted by atomic mass is 10.2. The van der Waals surface area contributed by atoms with Crippen molar-refractivity contribution in [2.75, 3.05) is 52.5 Å². The molecule has 0 aromatic rings. The van der Waals surface area contributed by atoms with E-state index in [1.807, 2.05) is 6.92 Å². The number of morpholine rings is 1. The van der Waals surface area contributed by atoms with E-state index in [1.54, 1.807) is 0 Å². The molecule has 1 heterocycles. The number of nitrogens with zero attached hydrogens (tertiary/aromatic N) is 1. The number of nitrogens with two attached hydrogens (primary N) is 1. The van der Waals surface area contributed by atoms with Gasteiger partial charge in [-0.2, -0.15) is 0 Å². The van der Waals surface area contributed by atoms with E-state index in [0.717, 1.165) is 26.1 Å². The first kappa shape index (κ1) is 16.4. The molecule has 0 spiro atoms. The van der Waals surface area contributed by atoms with Gasteiger partial charge >= 0.3 is 0 Å². The van der Waals surface area contributed by atoms with Crippen molar-refractivity contribution in [2.45, 2.75) is 25.9 Å². The van der Waals surface area contributed by atoms with Crippen LogP contribution in [-0.2, 0) is 14.3 Å². The van der Waals surface area contributed by atoms with Crippen LogP contribution in [-0.4, -0.2) is 69.5 Å². The van der Waals surface area contributed by atoms with Crippen molar-refractivity contribution < 1.29 is 14.3 Å². The van der Waals surface area contributed by atoms with Crippen LogP contribution in [0.2, 0.25) is 0 Å². The zero-order valence-electron chi connectivity index (χ0n) is 11.9. The van der Waals surface area contributed by atoms with Gasteiger partial charge in [-0.1, -0.05) is 6.92 Å². The van der Waals surface area contributed by atoms with Gasteiger partial charge in [0.2, 0.25) is 5.91 Å². The number of amides is 1. The number of rotatable bonds is 9. The maximum absolute atomic E-state index is 11.4. The van der Waals surface area contributed by atoms with Crippen molar-refractivity contribution in [3.05, 3.63) is 0 Å². The van der Waals surface area contributed by atoms with Crippen molar-refractivity contribution in [2.24, 2.45) is 5.73 Å². The van der Waals surface area contributed by atoms with E-state index in [0.29, 0.717) is 39.3 Å². The molecule has 1 rings (SSSR count). The van der Waals surface area contributed by atoms with Gasteiger partial charge in [0.25, 0.3) is 0 Å². The lowest BCUT2D eigenvalue weighted by molar-refractivity contribution is -0.122. The molecule has 19 heavy (non-hydrogen) atoms. The Morgan fingerprint density at radius 2 is 2.37 bits per heavy atom. The Hall–Kier alpha value is -0.690. The minimum absolute atomic E-state index is 0.0871. The largest absolute Gasteiger partial charge is 0.379 e. The van der Waals surface area contributed by atoms with E-state index in [9.17, 15) is 4.79 Å². The quantitative estimate of drug-likeness (QED) is 0.558. The fraction of sp³-hybridized carbons (Fsp3) is 0.923. The second kappa shape index (κ2) is 10.1. The average Bonchev–Trinajstić information content (AvgIpc) is 2.42. The van der Waals surface area contributed by atoms with E-state index in [1.165, 1.54) is 0 Å². The van der Waals surface area contributed by atoms with Gasteiger partial charge in [-0.05, 0) is 6.42 Å². The van der Waals surface area contributed by atoms with Crippen molar-refractivity contribution in [3.8, 4) is 0 Å². The van der Waals surface area contributed by atoms with E-state index in [4.69, 9.17) is 15.2 Å². The van der Waals surface area contributed by atoms with Crippen LogP contribution in [0, 0.1) is 0 Å². The second-order valence-electron chi connectivity index (χ2n) is 4.75. The van der Waals surface area contributed by atoms with Crippen LogP contribution in [0.15, 0.2) is 0 Å². The highest BCUT2D eigenvalue weighted by molar-refractivity contribution is 5.75. The lowest BCUT2D eigenvalue weighted by Crippen LogP contribution is -2.48. The van der Waals surface area contributed by atoms with Gasteiger partial charge < -0.3 is 20.5 Å². The Labute approximate surface area is 115 Å². The maximum Gasteiger partial charge on any atom is 0.220 e. The summed E-state index contributed by atoms with van der Waals surface area (Å²) < 4.78 is 11.0. The molecule has 3 N–H and O–H groups in total. The number of carbonyl (C=O) groups excluding carboxylic acids is 1. The molecule has 1 unspecified atom stereocenters. The number of hydrogen-bond donors (Lipinski definition) is 2. The van der Waals surface area contributed by atoms with Gasteiger partial charge in [0.1, 0.15) is 0 Å². The van der Waals surface area contributed by atoms with Crippen LogP contribution in [0.25, 0.3) is 0 Å². The molecule has 0 saturated carbocycles. The summed E-state index contributed by atoms with van der Waals surface area (Å²) in [5.74, 6) is 0.106. The summed E-state index contributed by atoms with van der Waals surface area (Å²) in [6.45, 7) is 7.85. The average molecular weight is 273 g/mol. The summed E-state index contributed by atoms with van der Waals surface area (Å²) in [6.07, 6.45) is 1.55. The fourth-order valence-corrected chi connectivity index (χ4v) is 2.03. The van der Waals surface area contributed by atoms with Gasteiger partial charge in [-0.25, -0.2) is 0 Å².